The van der Waals surface area contributed by atoms with Crippen molar-refractivity contribution in [3.63, 3.8) is 0 Å². The van der Waals surface area contributed by atoms with Crippen LogP contribution in [0.1, 0.15) is 15.9 Å². The first-order valence-corrected chi connectivity index (χ1v) is 5.68. The number of aromatic nitrogens is 1. The van der Waals surface area contributed by atoms with Crippen molar-refractivity contribution in [3.8, 4) is 0 Å². The molecule has 1 amide bonds. The number of halogens is 2. The highest BCUT2D eigenvalue weighted by Crippen LogP contribution is 2.13. The molecule has 2 aromatic rings. The molecule has 0 spiro atoms. The van der Waals surface area contributed by atoms with Gasteiger partial charge in [-0.05, 0) is 30.3 Å². The number of hydrogen-bond acceptors (Lipinski definition) is 3. The van der Waals surface area contributed by atoms with Gasteiger partial charge in [-0.3, -0.25) is 20.6 Å². The molecule has 1 aromatic heterocycles. The first kappa shape index (κ1) is 13.7. The van der Waals surface area contributed by atoms with Crippen molar-refractivity contribution < 1.29 is 13.6 Å². The molecule has 20 heavy (non-hydrogen) atoms. The molecule has 0 unspecified atom stereocenters. The van der Waals surface area contributed by atoms with Crippen LogP contribution in [0.2, 0.25) is 0 Å². The summed E-state index contributed by atoms with van der Waals surface area (Å²) in [5.74, 6) is -2.32. The van der Waals surface area contributed by atoms with E-state index in [1.54, 1.807) is 0 Å². The van der Waals surface area contributed by atoms with E-state index in [1.807, 2.05) is 0 Å². The zero-order valence-corrected chi connectivity index (χ0v) is 10.4. The van der Waals surface area contributed by atoms with Gasteiger partial charge in [-0.25, -0.2) is 8.78 Å². The topological polar surface area (TPSA) is 54.0 Å². The maximum Gasteiger partial charge on any atom is 0.269 e. The summed E-state index contributed by atoms with van der Waals surface area (Å²) in [4.78, 5) is 15.5. The maximum absolute atomic E-state index is 13.1. The zero-order chi connectivity index (χ0) is 14.5. The highest BCUT2D eigenvalue weighted by molar-refractivity contribution is 5.94. The Kier molecular flexibility index (Phi) is 4.05. The molecule has 0 radical (unpaired) electrons. The minimum Gasteiger partial charge on any atom is -0.298 e. The maximum atomic E-state index is 13.1. The fourth-order valence-corrected chi connectivity index (χ4v) is 1.46. The minimum absolute atomic E-state index is 0.242. The van der Waals surface area contributed by atoms with Crippen molar-refractivity contribution in [1.29, 1.82) is 0 Å². The van der Waals surface area contributed by atoms with E-state index in [9.17, 15) is 13.6 Å². The van der Waals surface area contributed by atoms with Crippen LogP contribution in [0.15, 0.2) is 49.3 Å². The Morgan fingerprint density at radius 2 is 1.70 bits per heavy atom. The second-order valence-corrected chi connectivity index (χ2v) is 3.92. The Labute approximate surface area is 114 Å². The molecular formula is C14H11F2N3O. The SMILES string of the molecule is C=C(NNC(=O)c1ccncc1)c1ccc(F)c(F)c1. The van der Waals surface area contributed by atoms with Crippen LogP contribution in [0.4, 0.5) is 8.78 Å². The van der Waals surface area contributed by atoms with E-state index >= 15 is 0 Å². The molecule has 1 heterocycles. The van der Waals surface area contributed by atoms with Gasteiger partial charge < -0.3 is 0 Å². The highest BCUT2D eigenvalue weighted by Gasteiger charge is 2.07. The summed E-state index contributed by atoms with van der Waals surface area (Å²) in [6.07, 6.45) is 2.97. The molecular weight excluding hydrogens is 264 g/mol. The van der Waals surface area contributed by atoms with Gasteiger partial charge in [-0.1, -0.05) is 6.58 Å². The van der Waals surface area contributed by atoms with E-state index in [-0.39, 0.29) is 5.70 Å². The van der Waals surface area contributed by atoms with E-state index in [2.05, 4.69) is 22.4 Å². The van der Waals surface area contributed by atoms with Crippen LogP contribution in [0.25, 0.3) is 5.70 Å². The average Bonchev–Trinajstić information content (AvgIpc) is 2.48. The molecule has 0 aliphatic heterocycles. The Hall–Kier alpha value is -2.76. The van der Waals surface area contributed by atoms with Crippen molar-refractivity contribution in [3.05, 3.63) is 72.1 Å². The molecule has 4 nitrogen and oxygen atoms in total. The lowest BCUT2D eigenvalue weighted by Crippen LogP contribution is -2.35. The van der Waals surface area contributed by atoms with E-state index in [4.69, 9.17) is 0 Å². The summed E-state index contributed by atoms with van der Waals surface area (Å²) in [7, 11) is 0. The molecule has 0 fully saturated rings. The Bertz CT molecular complexity index is 644. The normalized spacial score (nSPS) is 9.90. The lowest BCUT2D eigenvalue weighted by Gasteiger charge is -2.11. The smallest absolute Gasteiger partial charge is 0.269 e. The molecule has 102 valence electrons. The molecule has 0 saturated carbocycles. The second-order valence-electron chi connectivity index (χ2n) is 3.92. The first-order valence-electron chi connectivity index (χ1n) is 5.68. The van der Waals surface area contributed by atoms with Gasteiger partial charge in [0.1, 0.15) is 0 Å². The minimum atomic E-state index is -0.981. The van der Waals surface area contributed by atoms with Gasteiger partial charge in [-0.15, -0.1) is 0 Å². The first-order chi connectivity index (χ1) is 9.58. The monoisotopic (exact) mass is 275 g/mol. The van der Waals surface area contributed by atoms with Crippen molar-refractivity contribution in [2.75, 3.05) is 0 Å². The van der Waals surface area contributed by atoms with Gasteiger partial charge >= 0.3 is 0 Å². The van der Waals surface area contributed by atoms with E-state index < -0.39 is 17.5 Å². The fourth-order valence-electron chi connectivity index (χ4n) is 1.46. The number of amides is 1. The standard InChI is InChI=1S/C14H11F2N3O/c1-9(11-2-3-12(15)13(16)8-11)18-19-14(20)10-4-6-17-7-5-10/h2-8,18H,1H2,(H,19,20). The predicted octanol–water partition coefficient (Wildman–Crippen LogP) is 2.27. The molecule has 0 saturated heterocycles. The van der Waals surface area contributed by atoms with Crippen molar-refractivity contribution in [2.24, 2.45) is 0 Å². The fraction of sp³-hybridized carbons (Fsp3) is 0. The van der Waals surface area contributed by atoms with Crippen LogP contribution >= 0.6 is 0 Å². The highest BCUT2D eigenvalue weighted by atomic mass is 19.2. The van der Waals surface area contributed by atoms with Crippen LogP contribution in [0.3, 0.4) is 0 Å². The summed E-state index contributed by atoms with van der Waals surface area (Å²) in [6.45, 7) is 3.63. The largest absolute Gasteiger partial charge is 0.298 e. The molecule has 2 N–H and O–H groups in total. The molecule has 0 bridgehead atoms. The van der Waals surface area contributed by atoms with Crippen LogP contribution in [-0.4, -0.2) is 10.9 Å². The summed E-state index contributed by atoms with van der Waals surface area (Å²) < 4.78 is 25.9. The summed E-state index contributed by atoms with van der Waals surface area (Å²) in [6, 6.07) is 6.41. The van der Waals surface area contributed by atoms with Crippen molar-refractivity contribution in [2.45, 2.75) is 0 Å². The van der Waals surface area contributed by atoms with Gasteiger partial charge in [0.25, 0.3) is 5.91 Å². The molecule has 0 aliphatic rings. The number of carbonyl (C=O) groups is 1. The van der Waals surface area contributed by atoms with Gasteiger partial charge in [0.05, 0.1) is 5.70 Å². The molecule has 0 atom stereocenters. The van der Waals surface area contributed by atoms with Crippen molar-refractivity contribution in [1.82, 2.24) is 15.8 Å². The molecule has 2 rings (SSSR count). The number of nitrogens with zero attached hydrogens (tertiary/aromatic N) is 1. The zero-order valence-electron chi connectivity index (χ0n) is 10.4. The van der Waals surface area contributed by atoms with Crippen LogP contribution < -0.4 is 10.9 Å². The summed E-state index contributed by atoms with van der Waals surface area (Å²) in [5.41, 5.74) is 5.92. The van der Waals surface area contributed by atoms with E-state index in [0.717, 1.165) is 12.1 Å². The number of hydrogen-bond donors (Lipinski definition) is 2. The molecule has 0 aliphatic carbocycles. The third-order valence-electron chi connectivity index (χ3n) is 2.54. The number of nitrogens with one attached hydrogen (secondary N) is 2. The summed E-state index contributed by atoms with van der Waals surface area (Å²) in [5, 5.41) is 0. The lowest BCUT2D eigenvalue weighted by molar-refractivity contribution is 0.0942. The van der Waals surface area contributed by atoms with E-state index in [0.29, 0.717) is 11.1 Å². The molecule has 1 aromatic carbocycles. The third-order valence-corrected chi connectivity index (χ3v) is 2.54. The van der Waals surface area contributed by atoms with Crippen LogP contribution in [-0.2, 0) is 0 Å². The number of benzene rings is 1. The number of hydrazine groups is 1. The molecule has 6 heteroatoms. The van der Waals surface area contributed by atoms with Gasteiger partial charge in [0.2, 0.25) is 0 Å². The predicted molar refractivity (Wildman–Crippen MR) is 70.2 cm³/mol. The Morgan fingerprint density at radius 3 is 2.35 bits per heavy atom. The van der Waals surface area contributed by atoms with Crippen molar-refractivity contribution >= 4 is 11.6 Å². The summed E-state index contributed by atoms with van der Waals surface area (Å²) >= 11 is 0. The average molecular weight is 275 g/mol. The van der Waals surface area contributed by atoms with Crippen LogP contribution in [0.5, 0.6) is 0 Å². The Balaban J connectivity index is 1.98. The van der Waals surface area contributed by atoms with Gasteiger partial charge in [-0.2, -0.15) is 0 Å². The van der Waals surface area contributed by atoms with Crippen LogP contribution in [0, 0.1) is 11.6 Å². The number of pyridine rings is 1. The third kappa shape index (κ3) is 3.17. The van der Waals surface area contributed by atoms with Gasteiger partial charge in [0.15, 0.2) is 11.6 Å². The van der Waals surface area contributed by atoms with E-state index in [1.165, 1.54) is 30.6 Å². The number of rotatable bonds is 4. The Morgan fingerprint density at radius 1 is 1.00 bits per heavy atom. The van der Waals surface area contributed by atoms with Gasteiger partial charge in [0, 0.05) is 23.5 Å². The second kappa shape index (κ2) is 5.92. The number of carbonyl (C=O) groups excluding carboxylic acids is 1. The quantitative estimate of drug-likeness (QED) is 0.842. The lowest BCUT2D eigenvalue weighted by atomic mass is 10.2.